The van der Waals surface area contributed by atoms with Gasteiger partial charge in [0.15, 0.2) is 0 Å². The first-order chi connectivity index (χ1) is 6.99. The maximum absolute atomic E-state index is 12.6. The van der Waals surface area contributed by atoms with E-state index < -0.39 is 11.8 Å². The monoisotopic (exact) mass is 218 g/mol. The van der Waals surface area contributed by atoms with Crippen LogP contribution in [0.25, 0.3) is 0 Å². The van der Waals surface area contributed by atoms with Gasteiger partial charge in [-0.2, -0.15) is 0 Å². The molecule has 5 heteroatoms. The molecule has 1 N–H and O–H groups in total. The van der Waals surface area contributed by atoms with E-state index in [2.05, 4.69) is 5.32 Å². The number of halogens is 2. The SMILES string of the molecule is CN(C(=O)C1CC(F)(F)C1)[C@@H]1CCNC1. The Labute approximate surface area is 87.8 Å². The van der Waals surface area contributed by atoms with Gasteiger partial charge in [0.2, 0.25) is 11.8 Å². The summed E-state index contributed by atoms with van der Waals surface area (Å²) < 4.78 is 25.2. The molecule has 2 fully saturated rings. The van der Waals surface area contributed by atoms with Crippen molar-refractivity contribution < 1.29 is 13.6 Å². The Morgan fingerprint density at radius 3 is 2.60 bits per heavy atom. The maximum Gasteiger partial charge on any atom is 0.249 e. The number of rotatable bonds is 2. The standard InChI is InChI=1S/C10H16F2N2O/c1-14(8-2-3-13-6-8)9(15)7-4-10(11,12)5-7/h7-8,13H,2-6H2,1H3/t8-/m1/s1. The summed E-state index contributed by atoms with van der Waals surface area (Å²) in [6.45, 7) is 1.69. The van der Waals surface area contributed by atoms with Gasteiger partial charge in [0.1, 0.15) is 0 Å². The fourth-order valence-electron chi connectivity index (χ4n) is 2.27. The number of alkyl halides is 2. The number of amides is 1. The van der Waals surface area contributed by atoms with Gasteiger partial charge in [0.25, 0.3) is 0 Å². The quantitative estimate of drug-likeness (QED) is 0.745. The summed E-state index contributed by atoms with van der Waals surface area (Å²) in [5.74, 6) is -3.17. The van der Waals surface area contributed by atoms with Gasteiger partial charge in [-0.3, -0.25) is 4.79 Å². The molecule has 2 aliphatic rings. The summed E-state index contributed by atoms with van der Waals surface area (Å²) in [6.07, 6.45) is 0.387. The van der Waals surface area contributed by atoms with Crippen LogP contribution in [0.15, 0.2) is 0 Å². The van der Waals surface area contributed by atoms with Crippen molar-refractivity contribution in [2.45, 2.75) is 31.2 Å². The summed E-state index contributed by atoms with van der Waals surface area (Å²) in [5, 5.41) is 3.16. The molecule has 86 valence electrons. The second kappa shape index (κ2) is 3.70. The number of carbonyl (C=O) groups excluding carboxylic acids is 1. The summed E-state index contributed by atoms with van der Waals surface area (Å²) in [5.41, 5.74) is 0. The van der Waals surface area contributed by atoms with Crippen LogP contribution in [0.2, 0.25) is 0 Å². The zero-order valence-electron chi connectivity index (χ0n) is 8.80. The predicted molar refractivity (Wildman–Crippen MR) is 51.7 cm³/mol. The van der Waals surface area contributed by atoms with Gasteiger partial charge in [0.05, 0.1) is 0 Å². The van der Waals surface area contributed by atoms with Crippen LogP contribution < -0.4 is 5.32 Å². The van der Waals surface area contributed by atoms with E-state index in [4.69, 9.17) is 0 Å². The molecule has 1 saturated heterocycles. The molecule has 1 aliphatic carbocycles. The molecular formula is C10H16F2N2O. The fourth-order valence-corrected chi connectivity index (χ4v) is 2.27. The second-order valence-electron chi connectivity index (χ2n) is 4.56. The normalized spacial score (nSPS) is 29.9. The summed E-state index contributed by atoms with van der Waals surface area (Å²) in [4.78, 5) is 13.4. The van der Waals surface area contributed by atoms with Crippen LogP contribution in [0, 0.1) is 5.92 Å². The molecule has 1 saturated carbocycles. The van der Waals surface area contributed by atoms with Gasteiger partial charge >= 0.3 is 0 Å². The number of hydrogen-bond donors (Lipinski definition) is 1. The molecule has 15 heavy (non-hydrogen) atoms. The van der Waals surface area contributed by atoms with Crippen LogP contribution in [0.4, 0.5) is 8.78 Å². The highest BCUT2D eigenvalue weighted by Gasteiger charge is 2.49. The van der Waals surface area contributed by atoms with E-state index in [9.17, 15) is 13.6 Å². The first-order valence-corrected chi connectivity index (χ1v) is 5.35. The Hall–Kier alpha value is -0.710. The summed E-state index contributed by atoms with van der Waals surface area (Å²) in [6, 6.07) is 0.187. The summed E-state index contributed by atoms with van der Waals surface area (Å²) in [7, 11) is 1.72. The van der Waals surface area contributed by atoms with Crippen LogP contribution >= 0.6 is 0 Å². The third kappa shape index (κ3) is 2.12. The molecule has 0 bridgehead atoms. The highest BCUT2D eigenvalue weighted by atomic mass is 19.3. The van der Waals surface area contributed by atoms with Gasteiger partial charge in [-0.15, -0.1) is 0 Å². The summed E-state index contributed by atoms with van der Waals surface area (Å²) >= 11 is 0. The number of hydrogen-bond acceptors (Lipinski definition) is 2. The highest BCUT2D eigenvalue weighted by Crippen LogP contribution is 2.43. The Morgan fingerprint density at radius 1 is 1.47 bits per heavy atom. The lowest BCUT2D eigenvalue weighted by Gasteiger charge is -2.37. The minimum absolute atomic E-state index is 0.116. The number of nitrogens with one attached hydrogen (secondary N) is 1. The Balaban J connectivity index is 1.86. The van der Waals surface area contributed by atoms with Crippen molar-refractivity contribution >= 4 is 5.91 Å². The van der Waals surface area contributed by atoms with Gasteiger partial charge in [-0.25, -0.2) is 8.78 Å². The molecule has 1 atom stereocenters. The van der Waals surface area contributed by atoms with Gasteiger partial charge in [-0.05, 0) is 13.0 Å². The number of nitrogens with zero attached hydrogens (tertiary/aromatic N) is 1. The van der Waals surface area contributed by atoms with Crippen LogP contribution in [0.5, 0.6) is 0 Å². The number of carbonyl (C=O) groups is 1. The lowest BCUT2D eigenvalue weighted by atomic mass is 9.80. The maximum atomic E-state index is 12.6. The minimum Gasteiger partial charge on any atom is -0.341 e. The molecule has 3 nitrogen and oxygen atoms in total. The van der Waals surface area contributed by atoms with Crippen molar-refractivity contribution in [3.8, 4) is 0 Å². The molecule has 1 amide bonds. The minimum atomic E-state index is -2.60. The molecular weight excluding hydrogens is 202 g/mol. The van der Waals surface area contributed by atoms with Crippen molar-refractivity contribution in [2.24, 2.45) is 5.92 Å². The first-order valence-electron chi connectivity index (χ1n) is 5.35. The first kappa shape index (κ1) is 10.8. The van der Waals surface area contributed by atoms with Crippen molar-refractivity contribution in [1.29, 1.82) is 0 Å². The molecule has 1 heterocycles. The smallest absolute Gasteiger partial charge is 0.249 e. The highest BCUT2D eigenvalue weighted by molar-refractivity contribution is 5.80. The van der Waals surface area contributed by atoms with Crippen LogP contribution in [-0.4, -0.2) is 42.9 Å². The molecule has 0 radical (unpaired) electrons. The van der Waals surface area contributed by atoms with Crippen LogP contribution in [-0.2, 0) is 4.79 Å². The topological polar surface area (TPSA) is 32.3 Å². The van der Waals surface area contributed by atoms with Crippen molar-refractivity contribution in [2.75, 3.05) is 20.1 Å². The second-order valence-corrected chi connectivity index (χ2v) is 4.56. The number of likely N-dealkylation sites (N-methyl/N-ethyl adjacent to an activating group) is 1. The Kier molecular flexibility index (Phi) is 2.66. The average Bonchev–Trinajstić information content (AvgIpc) is 2.64. The third-order valence-corrected chi connectivity index (χ3v) is 3.37. The zero-order valence-corrected chi connectivity index (χ0v) is 8.80. The van der Waals surface area contributed by atoms with Crippen molar-refractivity contribution in [3.05, 3.63) is 0 Å². The van der Waals surface area contributed by atoms with Crippen LogP contribution in [0.3, 0.4) is 0 Å². The molecule has 0 aromatic heterocycles. The van der Waals surface area contributed by atoms with Crippen LogP contribution in [0.1, 0.15) is 19.3 Å². The van der Waals surface area contributed by atoms with Crippen molar-refractivity contribution in [3.63, 3.8) is 0 Å². The Morgan fingerprint density at radius 2 is 2.13 bits per heavy atom. The van der Waals surface area contributed by atoms with Crippen molar-refractivity contribution in [1.82, 2.24) is 10.2 Å². The van der Waals surface area contributed by atoms with E-state index in [-0.39, 0.29) is 24.8 Å². The molecule has 0 spiro atoms. The molecule has 2 rings (SSSR count). The van der Waals surface area contributed by atoms with Gasteiger partial charge < -0.3 is 10.2 Å². The predicted octanol–water partition coefficient (Wildman–Crippen LogP) is 0.852. The van der Waals surface area contributed by atoms with Gasteiger partial charge in [-0.1, -0.05) is 0 Å². The molecule has 0 unspecified atom stereocenters. The van der Waals surface area contributed by atoms with E-state index in [0.29, 0.717) is 0 Å². The molecule has 1 aliphatic heterocycles. The van der Waals surface area contributed by atoms with E-state index >= 15 is 0 Å². The molecule has 0 aromatic carbocycles. The average molecular weight is 218 g/mol. The van der Waals surface area contributed by atoms with E-state index in [1.54, 1.807) is 11.9 Å². The third-order valence-electron chi connectivity index (χ3n) is 3.37. The lowest BCUT2D eigenvalue weighted by Crippen LogP contribution is -2.49. The molecule has 0 aromatic rings. The van der Waals surface area contributed by atoms with E-state index in [1.807, 2.05) is 0 Å². The zero-order chi connectivity index (χ0) is 11.1. The van der Waals surface area contributed by atoms with E-state index in [0.717, 1.165) is 19.5 Å². The Bertz CT molecular complexity index is 256. The lowest BCUT2D eigenvalue weighted by molar-refractivity contribution is -0.160. The largest absolute Gasteiger partial charge is 0.341 e. The van der Waals surface area contributed by atoms with E-state index in [1.165, 1.54) is 0 Å². The fraction of sp³-hybridized carbons (Fsp3) is 0.900. The van der Waals surface area contributed by atoms with Gasteiger partial charge in [0, 0.05) is 38.4 Å².